The fraction of sp³-hybridized carbons (Fsp3) is 0.500. The van der Waals surface area contributed by atoms with Gasteiger partial charge in [0.05, 0.1) is 18.8 Å². The third-order valence-electron chi connectivity index (χ3n) is 4.20. The number of carbonyl (C=O) groups excluding carboxylic acids is 1. The summed E-state index contributed by atoms with van der Waals surface area (Å²) in [5, 5.41) is 0. The zero-order valence-corrected chi connectivity index (χ0v) is 13.8. The van der Waals surface area contributed by atoms with E-state index in [-0.39, 0.29) is 24.5 Å². The number of esters is 1. The van der Waals surface area contributed by atoms with Gasteiger partial charge in [0.2, 0.25) is 5.76 Å². The molecule has 132 valence electrons. The van der Waals surface area contributed by atoms with Crippen LogP contribution in [0.4, 0.5) is 13.2 Å². The van der Waals surface area contributed by atoms with Gasteiger partial charge in [-0.15, -0.1) is 0 Å². The second kappa shape index (κ2) is 7.28. The molecule has 3 nitrogen and oxygen atoms in total. The highest BCUT2D eigenvalue weighted by Gasteiger charge is 2.44. The Labute approximate surface area is 139 Å². The molecule has 1 aromatic rings. The average molecular weight is 342 g/mol. The van der Waals surface area contributed by atoms with Crippen LogP contribution in [0.3, 0.4) is 0 Å². The van der Waals surface area contributed by atoms with E-state index in [1.807, 2.05) is 0 Å². The van der Waals surface area contributed by atoms with Crippen LogP contribution in [-0.2, 0) is 25.9 Å². The average Bonchev–Trinajstić information content (AvgIpc) is 2.49. The van der Waals surface area contributed by atoms with Crippen LogP contribution in [0.25, 0.3) is 0 Å². The first kappa shape index (κ1) is 18.4. The predicted octanol–water partition coefficient (Wildman–Crippen LogP) is 4.61. The lowest BCUT2D eigenvalue weighted by molar-refractivity contribution is -0.142. The number of hydrogen-bond donors (Lipinski definition) is 0. The fourth-order valence-electron chi connectivity index (χ4n) is 2.98. The molecule has 1 saturated carbocycles. The summed E-state index contributed by atoms with van der Waals surface area (Å²) in [5.41, 5.74) is -1.32. The molecule has 0 spiro atoms. The summed E-state index contributed by atoms with van der Waals surface area (Å²) in [7, 11) is 0. The smallest absolute Gasteiger partial charge is 0.416 e. The van der Waals surface area contributed by atoms with Crippen molar-refractivity contribution < 1.29 is 27.4 Å². The van der Waals surface area contributed by atoms with Crippen LogP contribution >= 0.6 is 0 Å². The highest BCUT2D eigenvalue weighted by molar-refractivity contribution is 5.86. The topological polar surface area (TPSA) is 35.5 Å². The van der Waals surface area contributed by atoms with E-state index in [4.69, 9.17) is 9.47 Å². The first-order valence-electron chi connectivity index (χ1n) is 8.03. The van der Waals surface area contributed by atoms with Crippen molar-refractivity contribution in [2.45, 2.75) is 44.7 Å². The van der Waals surface area contributed by atoms with Crippen LogP contribution in [0.1, 0.15) is 44.2 Å². The van der Waals surface area contributed by atoms with Gasteiger partial charge in [0.1, 0.15) is 0 Å². The van der Waals surface area contributed by atoms with Crippen LogP contribution in [0.2, 0.25) is 0 Å². The van der Waals surface area contributed by atoms with Crippen molar-refractivity contribution in [1.82, 2.24) is 0 Å². The summed E-state index contributed by atoms with van der Waals surface area (Å²) in [6, 6.07) is 5.52. The number of hydrogen-bond acceptors (Lipinski definition) is 3. The Morgan fingerprint density at radius 3 is 2.29 bits per heavy atom. The van der Waals surface area contributed by atoms with Crippen molar-refractivity contribution in [3.05, 3.63) is 47.2 Å². The summed E-state index contributed by atoms with van der Waals surface area (Å²) in [5.74, 6) is -0.661. The zero-order chi connectivity index (χ0) is 17.8. The van der Waals surface area contributed by atoms with Crippen molar-refractivity contribution in [2.24, 2.45) is 0 Å². The predicted molar refractivity (Wildman–Crippen MR) is 83.3 cm³/mol. The third kappa shape index (κ3) is 3.74. The first-order valence-corrected chi connectivity index (χ1v) is 8.03. The van der Waals surface area contributed by atoms with Crippen molar-refractivity contribution in [2.75, 3.05) is 13.2 Å². The number of carbonyl (C=O) groups is 1. The minimum atomic E-state index is -4.44. The Morgan fingerprint density at radius 2 is 1.79 bits per heavy atom. The normalized spacial score (nSPS) is 17.1. The molecule has 2 rings (SSSR count). The number of rotatable bonds is 6. The van der Waals surface area contributed by atoms with Gasteiger partial charge in [-0.1, -0.05) is 24.6 Å². The second-order valence-electron chi connectivity index (χ2n) is 5.72. The summed E-state index contributed by atoms with van der Waals surface area (Å²) in [6.45, 7) is 3.79. The molecule has 0 aliphatic heterocycles. The second-order valence-corrected chi connectivity index (χ2v) is 5.72. The van der Waals surface area contributed by atoms with Crippen molar-refractivity contribution >= 4 is 5.97 Å². The van der Waals surface area contributed by atoms with Gasteiger partial charge in [0.25, 0.3) is 0 Å². The lowest BCUT2D eigenvalue weighted by atomic mass is 9.63. The van der Waals surface area contributed by atoms with E-state index in [0.29, 0.717) is 12.8 Å². The molecule has 1 aliphatic carbocycles. The van der Waals surface area contributed by atoms with E-state index in [9.17, 15) is 18.0 Å². The molecule has 0 amide bonds. The number of allylic oxidation sites excluding steroid dienone is 1. The summed E-state index contributed by atoms with van der Waals surface area (Å²) >= 11 is 0. The van der Waals surface area contributed by atoms with E-state index in [0.717, 1.165) is 12.5 Å². The van der Waals surface area contributed by atoms with Gasteiger partial charge in [-0.05, 0) is 44.4 Å². The fourth-order valence-corrected chi connectivity index (χ4v) is 2.98. The van der Waals surface area contributed by atoms with Crippen LogP contribution in [-0.4, -0.2) is 19.2 Å². The molecule has 0 unspecified atom stereocenters. The Bertz CT molecular complexity index is 616. The van der Waals surface area contributed by atoms with Gasteiger partial charge >= 0.3 is 12.1 Å². The Balaban J connectivity index is 2.49. The molecule has 0 atom stereocenters. The number of alkyl halides is 3. The molecular weight excluding hydrogens is 321 g/mol. The van der Waals surface area contributed by atoms with Gasteiger partial charge in [-0.2, -0.15) is 13.2 Å². The molecule has 24 heavy (non-hydrogen) atoms. The van der Waals surface area contributed by atoms with E-state index in [2.05, 4.69) is 0 Å². The molecule has 1 aromatic carbocycles. The van der Waals surface area contributed by atoms with Crippen LogP contribution < -0.4 is 0 Å². The largest absolute Gasteiger partial charge is 0.487 e. The molecule has 0 radical (unpaired) electrons. The van der Waals surface area contributed by atoms with E-state index < -0.39 is 23.1 Å². The maximum Gasteiger partial charge on any atom is 0.416 e. The molecule has 0 saturated heterocycles. The Morgan fingerprint density at radius 1 is 1.17 bits per heavy atom. The lowest BCUT2D eigenvalue weighted by Gasteiger charge is -2.41. The van der Waals surface area contributed by atoms with Gasteiger partial charge < -0.3 is 9.47 Å². The SMILES string of the molecule is CCOC(=O)C(=CC1(c2ccccc2C(F)(F)F)CCC1)OCC. The summed E-state index contributed by atoms with van der Waals surface area (Å²) in [4.78, 5) is 12.0. The molecule has 0 N–H and O–H groups in total. The highest BCUT2D eigenvalue weighted by atomic mass is 19.4. The zero-order valence-electron chi connectivity index (χ0n) is 13.8. The maximum atomic E-state index is 13.4. The van der Waals surface area contributed by atoms with E-state index in [1.165, 1.54) is 18.2 Å². The van der Waals surface area contributed by atoms with Gasteiger partial charge in [-0.3, -0.25) is 0 Å². The van der Waals surface area contributed by atoms with Crippen molar-refractivity contribution in [3.8, 4) is 0 Å². The monoisotopic (exact) mass is 342 g/mol. The van der Waals surface area contributed by atoms with Crippen molar-refractivity contribution in [1.29, 1.82) is 0 Å². The lowest BCUT2D eigenvalue weighted by Crippen LogP contribution is -2.35. The number of halogens is 3. The molecule has 0 heterocycles. The number of benzene rings is 1. The molecule has 0 bridgehead atoms. The van der Waals surface area contributed by atoms with E-state index in [1.54, 1.807) is 19.9 Å². The first-order chi connectivity index (χ1) is 11.3. The standard InChI is InChI=1S/C18H21F3O3/c1-3-23-15(16(22)24-4-2)12-17(10-7-11-17)13-8-5-6-9-14(13)18(19,20)21/h5-6,8-9,12H,3-4,7,10-11H2,1-2H3. The Hall–Kier alpha value is -1.98. The van der Waals surface area contributed by atoms with Crippen LogP contribution in [0.15, 0.2) is 36.1 Å². The van der Waals surface area contributed by atoms with Crippen LogP contribution in [0.5, 0.6) is 0 Å². The quantitative estimate of drug-likeness (QED) is 0.430. The molecule has 0 aromatic heterocycles. The van der Waals surface area contributed by atoms with Gasteiger partial charge in [0.15, 0.2) is 0 Å². The maximum absolute atomic E-state index is 13.4. The number of ether oxygens (including phenoxy) is 2. The minimum Gasteiger partial charge on any atom is -0.487 e. The minimum absolute atomic E-state index is 0.0176. The summed E-state index contributed by atoms with van der Waals surface area (Å²) in [6.07, 6.45) is -1.05. The van der Waals surface area contributed by atoms with Gasteiger partial charge in [0, 0.05) is 5.41 Å². The van der Waals surface area contributed by atoms with E-state index >= 15 is 0 Å². The van der Waals surface area contributed by atoms with Crippen LogP contribution in [0, 0.1) is 0 Å². The third-order valence-corrected chi connectivity index (χ3v) is 4.20. The van der Waals surface area contributed by atoms with Crippen molar-refractivity contribution in [3.63, 3.8) is 0 Å². The summed E-state index contributed by atoms with van der Waals surface area (Å²) < 4.78 is 50.4. The Kier molecular flexibility index (Phi) is 5.57. The molecule has 6 heteroatoms. The highest BCUT2D eigenvalue weighted by Crippen LogP contribution is 2.49. The molecule has 1 fully saturated rings. The molecular formula is C18H21F3O3. The molecule has 1 aliphatic rings. The van der Waals surface area contributed by atoms with Gasteiger partial charge in [-0.25, -0.2) is 4.79 Å².